The summed E-state index contributed by atoms with van der Waals surface area (Å²) in [5.74, 6) is 0. The van der Waals surface area contributed by atoms with E-state index >= 15 is 0 Å². The molecule has 0 amide bonds. The summed E-state index contributed by atoms with van der Waals surface area (Å²) in [6.07, 6.45) is 0.239. The minimum absolute atomic E-state index is 0.119. The third-order valence-electron chi connectivity index (χ3n) is 4.38. The van der Waals surface area contributed by atoms with E-state index in [0.29, 0.717) is 6.54 Å². The lowest BCUT2D eigenvalue weighted by Crippen LogP contribution is -2.33. The number of hydrogen-bond acceptors (Lipinski definition) is 5. The van der Waals surface area contributed by atoms with Gasteiger partial charge in [0.05, 0.1) is 12.2 Å². The van der Waals surface area contributed by atoms with Gasteiger partial charge in [-0.25, -0.2) is 0 Å². The minimum atomic E-state index is 0.119. The van der Waals surface area contributed by atoms with E-state index in [2.05, 4.69) is 34.5 Å². The molecule has 0 bridgehead atoms. The largest absolute Gasteiger partial charge is 0.377 e. The van der Waals surface area contributed by atoms with Gasteiger partial charge in [0.2, 0.25) is 0 Å². The summed E-state index contributed by atoms with van der Waals surface area (Å²) >= 11 is 1.78. The molecule has 2 N–H and O–H groups in total. The van der Waals surface area contributed by atoms with Crippen molar-refractivity contribution in [2.75, 3.05) is 33.9 Å². The van der Waals surface area contributed by atoms with Crippen LogP contribution in [0.5, 0.6) is 0 Å². The van der Waals surface area contributed by atoms with E-state index in [1.807, 2.05) is 0 Å². The predicted molar refractivity (Wildman–Crippen MR) is 86.8 cm³/mol. The number of nitrogens with zero attached hydrogens (tertiary/aromatic N) is 1. The second-order valence-electron chi connectivity index (χ2n) is 5.44. The Hall–Kier alpha value is -0.980. The van der Waals surface area contributed by atoms with Crippen molar-refractivity contribution in [2.45, 2.75) is 18.2 Å². The fraction of sp³-hybridized carbons (Fsp3) is 0.500. The van der Waals surface area contributed by atoms with E-state index in [1.165, 1.54) is 15.6 Å². The molecule has 0 aliphatic carbocycles. The Morgan fingerprint density at radius 3 is 2.52 bits per heavy atom. The van der Waals surface area contributed by atoms with Gasteiger partial charge < -0.3 is 15.2 Å². The van der Waals surface area contributed by atoms with E-state index in [0.717, 1.165) is 13.1 Å². The molecule has 1 fully saturated rings. The van der Waals surface area contributed by atoms with Crippen LogP contribution in [0.4, 0.5) is 0 Å². The second kappa shape index (κ2) is 6.42. The normalized spacial score (nSPS) is 24.7. The second-order valence-corrected chi connectivity index (χ2v) is 6.35. The molecule has 1 aromatic heterocycles. The van der Waals surface area contributed by atoms with Crippen LogP contribution in [0.2, 0.25) is 0 Å². The van der Waals surface area contributed by atoms with Crippen LogP contribution >= 0.6 is 11.3 Å². The molecule has 1 aliphatic heterocycles. The van der Waals surface area contributed by atoms with Crippen LogP contribution in [0.15, 0.2) is 29.6 Å². The van der Waals surface area contributed by atoms with Gasteiger partial charge in [-0.2, -0.15) is 0 Å². The Kier molecular flexibility index (Phi) is 4.57. The van der Waals surface area contributed by atoms with E-state index in [4.69, 9.17) is 15.2 Å². The average molecular weight is 306 g/mol. The molecule has 3 rings (SSSR count). The number of nitrogens with two attached hydrogens (primary N) is 1. The molecule has 2 heterocycles. The fourth-order valence-corrected chi connectivity index (χ4v) is 4.22. The molecule has 21 heavy (non-hydrogen) atoms. The van der Waals surface area contributed by atoms with E-state index in [1.54, 1.807) is 25.6 Å². The van der Waals surface area contributed by atoms with E-state index in [-0.39, 0.29) is 18.2 Å². The lowest BCUT2D eigenvalue weighted by atomic mass is 10.0. The smallest absolute Gasteiger partial charge is 0.0972 e. The standard InChI is InChI=1S/C16H22N2O2S/c1-19-14-8-18(9-15(14)20-2)13(7-17)12-10-21-16-6-4-3-5-11(12)16/h3-6,10,13-15H,7-9,17H2,1-2H3. The van der Waals surface area contributed by atoms with Gasteiger partial charge in [0.15, 0.2) is 0 Å². The third kappa shape index (κ3) is 2.72. The number of likely N-dealkylation sites (tertiary alicyclic amines) is 1. The van der Waals surface area contributed by atoms with Crippen molar-refractivity contribution >= 4 is 21.4 Å². The Morgan fingerprint density at radius 1 is 1.24 bits per heavy atom. The van der Waals surface area contributed by atoms with Crippen molar-refractivity contribution in [2.24, 2.45) is 5.73 Å². The van der Waals surface area contributed by atoms with Crippen molar-refractivity contribution < 1.29 is 9.47 Å². The lowest BCUT2D eigenvalue weighted by Gasteiger charge is -2.26. The first kappa shape index (κ1) is 14.9. The SMILES string of the molecule is COC1CN(C(CN)c2csc3ccccc23)CC1OC. The zero-order chi connectivity index (χ0) is 14.8. The van der Waals surface area contributed by atoms with E-state index < -0.39 is 0 Å². The van der Waals surface area contributed by atoms with Crippen LogP contribution in [-0.4, -0.2) is 51.0 Å². The molecule has 0 radical (unpaired) electrons. The van der Waals surface area contributed by atoms with Crippen molar-refractivity contribution in [1.82, 2.24) is 4.90 Å². The van der Waals surface area contributed by atoms with Crippen molar-refractivity contribution in [3.8, 4) is 0 Å². The predicted octanol–water partition coefficient (Wildman–Crippen LogP) is 2.25. The summed E-state index contributed by atoms with van der Waals surface area (Å²) in [7, 11) is 3.50. The zero-order valence-electron chi connectivity index (χ0n) is 12.5. The molecule has 3 unspecified atom stereocenters. The van der Waals surface area contributed by atoms with Gasteiger partial charge in [-0.1, -0.05) is 18.2 Å². The maximum absolute atomic E-state index is 6.09. The summed E-state index contributed by atoms with van der Waals surface area (Å²) in [5.41, 5.74) is 7.41. The Labute approximate surface area is 129 Å². The summed E-state index contributed by atoms with van der Waals surface area (Å²) in [5, 5.41) is 3.55. The number of rotatable bonds is 5. The van der Waals surface area contributed by atoms with Gasteiger partial charge >= 0.3 is 0 Å². The molecule has 4 nitrogen and oxygen atoms in total. The Morgan fingerprint density at radius 2 is 1.90 bits per heavy atom. The van der Waals surface area contributed by atoms with Crippen LogP contribution in [0.1, 0.15) is 11.6 Å². The van der Waals surface area contributed by atoms with Gasteiger partial charge in [-0.15, -0.1) is 11.3 Å². The van der Waals surface area contributed by atoms with Gasteiger partial charge in [0.1, 0.15) is 0 Å². The third-order valence-corrected chi connectivity index (χ3v) is 5.36. The molecule has 1 saturated heterocycles. The Bertz CT molecular complexity index is 589. The molecule has 1 aromatic carbocycles. The number of fused-ring (bicyclic) bond motifs is 1. The Balaban J connectivity index is 1.89. The highest BCUT2D eigenvalue weighted by atomic mass is 32.1. The van der Waals surface area contributed by atoms with Gasteiger partial charge in [0.25, 0.3) is 0 Å². The first-order valence-corrected chi connectivity index (χ1v) is 8.12. The summed E-state index contributed by atoms with van der Waals surface area (Å²) < 4.78 is 12.4. The summed E-state index contributed by atoms with van der Waals surface area (Å²) in [6.45, 7) is 2.33. The number of benzene rings is 1. The van der Waals surface area contributed by atoms with Crippen LogP contribution in [0.25, 0.3) is 10.1 Å². The monoisotopic (exact) mass is 306 g/mol. The topological polar surface area (TPSA) is 47.7 Å². The first-order chi connectivity index (χ1) is 10.3. The molecule has 5 heteroatoms. The maximum atomic E-state index is 6.09. The molecule has 0 spiro atoms. The van der Waals surface area contributed by atoms with E-state index in [9.17, 15) is 0 Å². The average Bonchev–Trinajstić information content (AvgIpc) is 3.13. The highest BCUT2D eigenvalue weighted by molar-refractivity contribution is 7.17. The number of hydrogen-bond donors (Lipinski definition) is 1. The van der Waals surface area contributed by atoms with Crippen LogP contribution < -0.4 is 5.73 Å². The van der Waals surface area contributed by atoms with Crippen LogP contribution in [0, 0.1) is 0 Å². The fourth-order valence-electron chi connectivity index (χ4n) is 3.21. The molecular formula is C16H22N2O2S. The minimum Gasteiger partial charge on any atom is -0.377 e. The zero-order valence-corrected chi connectivity index (χ0v) is 13.3. The summed E-state index contributed by atoms with van der Waals surface area (Å²) in [6, 6.07) is 8.74. The highest BCUT2D eigenvalue weighted by Gasteiger charge is 2.37. The maximum Gasteiger partial charge on any atom is 0.0972 e. The lowest BCUT2D eigenvalue weighted by molar-refractivity contribution is -0.00461. The number of methoxy groups -OCH3 is 2. The van der Waals surface area contributed by atoms with Crippen molar-refractivity contribution in [3.05, 3.63) is 35.2 Å². The van der Waals surface area contributed by atoms with Gasteiger partial charge in [-0.05, 0) is 22.4 Å². The van der Waals surface area contributed by atoms with Crippen molar-refractivity contribution in [3.63, 3.8) is 0 Å². The van der Waals surface area contributed by atoms with Crippen LogP contribution in [-0.2, 0) is 9.47 Å². The quantitative estimate of drug-likeness (QED) is 0.920. The molecule has 1 aliphatic rings. The first-order valence-electron chi connectivity index (χ1n) is 7.24. The highest BCUT2D eigenvalue weighted by Crippen LogP contribution is 2.34. The number of ether oxygens (including phenoxy) is 2. The molecular weight excluding hydrogens is 284 g/mol. The molecule has 3 atom stereocenters. The van der Waals surface area contributed by atoms with Gasteiger partial charge in [-0.3, -0.25) is 4.90 Å². The molecule has 2 aromatic rings. The summed E-state index contributed by atoms with van der Waals surface area (Å²) in [4.78, 5) is 2.39. The van der Waals surface area contributed by atoms with Crippen molar-refractivity contribution in [1.29, 1.82) is 0 Å². The number of thiophene rings is 1. The molecule has 114 valence electrons. The van der Waals surface area contributed by atoms with Gasteiger partial charge in [0, 0.05) is 44.6 Å². The molecule has 0 saturated carbocycles. The van der Waals surface area contributed by atoms with Crippen LogP contribution in [0.3, 0.4) is 0 Å².